The predicted molar refractivity (Wildman–Crippen MR) is 114 cm³/mol. The van der Waals surface area contributed by atoms with Gasteiger partial charge in [0.15, 0.2) is 5.82 Å². The number of carbonyl (C=O) groups excluding carboxylic acids is 1. The first-order valence-electron chi connectivity index (χ1n) is 10.4. The first-order chi connectivity index (χ1) is 15.0. The minimum atomic E-state index is -4.51. The number of likely N-dealkylation sites (N-methyl/N-ethyl adjacent to an activating group) is 1. The molecular weight excluding hydrogens is 425 g/mol. The Labute approximate surface area is 183 Å². The molecule has 0 radical (unpaired) electrons. The van der Waals surface area contributed by atoms with E-state index < -0.39 is 11.9 Å². The van der Waals surface area contributed by atoms with Gasteiger partial charge in [0.05, 0.1) is 5.69 Å². The maximum Gasteiger partial charge on any atom is 0.433 e. The maximum atomic E-state index is 12.8. The Hall–Kier alpha value is -3.18. The van der Waals surface area contributed by atoms with Gasteiger partial charge >= 0.3 is 6.18 Å². The number of hydrogen-bond donors (Lipinski definition) is 3. The number of fused-ring (bicyclic) bond motifs is 1. The van der Waals surface area contributed by atoms with Crippen molar-refractivity contribution in [2.45, 2.75) is 57.9 Å². The highest BCUT2D eigenvalue weighted by Crippen LogP contribution is 2.35. The number of nitrogens with one attached hydrogen (secondary N) is 3. The van der Waals surface area contributed by atoms with Gasteiger partial charge in [0, 0.05) is 25.3 Å². The number of alkyl halides is 3. The largest absolute Gasteiger partial charge is 0.433 e. The van der Waals surface area contributed by atoms with Gasteiger partial charge < -0.3 is 20.9 Å². The SMILES string of the molecule is Cc1nc(NC2CC(Nc3nccc(C(F)(F)F)n3)C2)nc2c1NC(=O)C(C(C)C)N2C. The van der Waals surface area contributed by atoms with Crippen LogP contribution in [0.1, 0.15) is 38.1 Å². The first-order valence-corrected chi connectivity index (χ1v) is 10.4. The molecule has 0 spiro atoms. The van der Waals surface area contributed by atoms with Crippen molar-refractivity contribution >= 4 is 29.3 Å². The number of hydrogen-bond acceptors (Lipinski definition) is 8. The third-order valence-electron chi connectivity index (χ3n) is 5.72. The fourth-order valence-electron chi connectivity index (χ4n) is 4.08. The van der Waals surface area contributed by atoms with E-state index in [1.165, 1.54) is 0 Å². The fourth-order valence-corrected chi connectivity index (χ4v) is 4.08. The number of carbonyl (C=O) groups is 1. The number of aryl methyl sites for hydroxylation is 1. The fraction of sp³-hybridized carbons (Fsp3) is 0.550. The van der Waals surface area contributed by atoms with Gasteiger partial charge in [-0.05, 0) is 31.7 Å². The highest BCUT2D eigenvalue weighted by atomic mass is 19.4. The molecule has 1 aliphatic carbocycles. The predicted octanol–water partition coefficient (Wildman–Crippen LogP) is 3.06. The highest BCUT2D eigenvalue weighted by Gasteiger charge is 2.37. The van der Waals surface area contributed by atoms with E-state index in [2.05, 4.69) is 35.9 Å². The summed E-state index contributed by atoms with van der Waals surface area (Å²) >= 11 is 0. The van der Waals surface area contributed by atoms with Crippen LogP contribution in [0.15, 0.2) is 12.3 Å². The number of anilines is 4. The number of amides is 1. The van der Waals surface area contributed by atoms with Gasteiger partial charge in [-0.15, -0.1) is 0 Å². The Morgan fingerprint density at radius 3 is 2.41 bits per heavy atom. The van der Waals surface area contributed by atoms with Crippen molar-refractivity contribution in [3.8, 4) is 0 Å². The van der Waals surface area contributed by atoms with Gasteiger partial charge in [-0.1, -0.05) is 13.8 Å². The Bertz CT molecular complexity index is 1020. The molecule has 1 amide bonds. The summed E-state index contributed by atoms with van der Waals surface area (Å²) in [5.74, 6) is 1.10. The summed E-state index contributed by atoms with van der Waals surface area (Å²) in [6.07, 6.45) is -2.11. The van der Waals surface area contributed by atoms with Gasteiger partial charge in [0.1, 0.15) is 17.4 Å². The molecule has 1 aliphatic heterocycles. The van der Waals surface area contributed by atoms with E-state index in [9.17, 15) is 18.0 Å². The summed E-state index contributed by atoms with van der Waals surface area (Å²) in [6.45, 7) is 5.77. The van der Waals surface area contributed by atoms with Crippen LogP contribution in [0, 0.1) is 12.8 Å². The molecule has 3 heterocycles. The maximum absolute atomic E-state index is 12.8. The second-order valence-electron chi connectivity index (χ2n) is 8.54. The average Bonchev–Trinajstić information content (AvgIpc) is 2.66. The minimum Gasteiger partial charge on any atom is -0.351 e. The van der Waals surface area contributed by atoms with E-state index in [0.717, 1.165) is 12.3 Å². The van der Waals surface area contributed by atoms with E-state index in [0.29, 0.717) is 36.0 Å². The van der Waals surface area contributed by atoms with Gasteiger partial charge in [0.25, 0.3) is 0 Å². The summed E-state index contributed by atoms with van der Waals surface area (Å²) in [7, 11) is 1.84. The number of rotatable bonds is 5. The molecule has 1 unspecified atom stereocenters. The molecule has 4 rings (SSSR count). The molecule has 1 saturated carbocycles. The molecule has 1 fully saturated rings. The second-order valence-corrected chi connectivity index (χ2v) is 8.54. The third-order valence-corrected chi connectivity index (χ3v) is 5.72. The van der Waals surface area contributed by atoms with Crippen LogP contribution in [0.4, 0.5) is 36.6 Å². The van der Waals surface area contributed by atoms with Crippen molar-refractivity contribution in [3.05, 3.63) is 23.7 Å². The third kappa shape index (κ3) is 4.26. The Balaban J connectivity index is 1.40. The van der Waals surface area contributed by atoms with Crippen LogP contribution in [-0.2, 0) is 11.0 Å². The van der Waals surface area contributed by atoms with Crippen LogP contribution in [0.25, 0.3) is 0 Å². The smallest absolute Gasteiger partial charge is 0.351 e. The van der Waals surface area contributed by atoms with Gasteiger partial charge in [0.2, 0.25) is 17.8 Å². The van der Waals surface area contributed by atoms with E-state index in [4.69, 9.17) is 0 Å². The molecular formula is C20H25F3N8O. The molecule has 2 aromatic heterocycles. The molecule has 0 saturated heterocycles. The summed E-state index contributed by atoms with van der Waals surface area (Å²) in [5, 5.41) is 9.12. The number of nitrogens with zero attached hydrogens (tertiary/aromatic N) is 5. The van der Waals surface area contributed by atoms with Crippen molar-refractivity contribution in [3.63, 3.8) is 0 Å². The lowest BCUT2D eigenvalue weighted by molar-refractivity contribution is -0.141. The second kappa shape index (κ2) is 8.06. The van der Waals surface area contributed by atoms with Crippen molar-refractivity contribution in [2.75, 3.05) is 27.9 Å². The molecule has 32 heavy (non-hydrogen) atoms. The molecule has 9 nitrogen and oxygen atoms in total. The van der Waals surface area contributed by atoms with Gasteiger partial charge in [-0.2, -0.15) is 18.2 Å². The van der Waals surface area contributed by atoms with E-state index in [1.807, 2.05) is 32.7 Å². The van der Waals surface area contributed by atoms with Crippen LogP contribution < -0.4 is 20.9 Å². The zero-order valence-corrected chi connectivity index (χ0v) is 18.2. The van der Waals surface area contributed by atoms with Crippen molar-refractivity contribution in [2.24, 2.45) is 5.92 Å². The van der Waals surface area contributed by atoms with Crippen molar-refractivity contribution < 1.29 is 18.0 Å². The quantitative estimate of drug-likeness (QED) is 0.638. The van der Waals surface area contributed by atoms with E-state index >= 15 is 0 Å². The molecule has 172 valence electrons. The van der Waals surface area contributed by atoms with Crippen LogP contribution in [0.2, 0.25) is 0 Å². The molecule has 0 bridgehead atoms. The van der Waals surface area contributed by atoms with Crippen LogP contribution in [-0.4, -0.2) is 51.0 Å². The minimum absolute atomic E-state index is 0.0405. The molecule has 2 aromatic rings. The standard InChI is InChI=1S/C20H25F3N8O/c1-9(2)15-17(32)29-14-10(3)25-19(30-16(14)31(15)4)27-12-7-11(8-12)26-18-24-6-5-13(28-18)20(21,22)23/h5-6,9,11-12,15H,7-8H2,1-4H3,(H,29,32)(H,24,26,28)(H,25,27,30). The summed E-state index contributed by atoms with van der Waals surface area (Å²) < 4.78 is 38.4. The van der Waals surface area contributed by atoms with E-state index in [-0.39, 0.29) is 35.9 Å². The van der Waals surface area contributed by atoms with Crippen molar-refractivity contribution in [1.29, 1.82) is 0 Å². The lowest BCUT2D eigenvalue weighted by Crippen LogP contribution is -2.50. The van der Waals surface area contributed by atoms with Crippen LogP contribution >= 0.6 is 0 Å². The average molecular weight is 450 g/mol. The molecule has 1 atom stereocenters. The van der Waals surface area contributed by atoms with E-state index in [1.54, 1.807) is 0 Å². The molecule has 2 aliphatic rings. The lowest BCUT2D eigenvalue weighted by Gasteiger charge is -2.38. The van der Waals surface area contributed by atoms with Gasteiger partial charge in [-0.25, -0.2) is 15.0 Å². The van der Waals surface area contributed by atoms with Crippen LogP contribution in [0.3, 0.4) is 0 Å². The zero-order chi connectivity index (χ0) is 23.2. The van der Waals surface area contributed by atoms with Crippen LogP contribution in [0.5, 0.6) is 0 Å². The topological polar surface area (TPSA) is 108 Å². The summed E-state index contributed by atoms with van der Waals surface area (Å²) in [6, 6.07) is 0.520. The number of halogens is 3. The molecule has 12 heteroatoms. The highest BCUT2D eigenvalue weighted by molar-refractivity contribution is 6.03. The monoisotopic (exact) mass is 450 g/mol. The van der Waals surface area contributed by atoms with Crippen molar-refractivity contribution in [1.82, 2.24) is 19.9 Å². The lowest BCUT2D eigenvalue weighted by atomic mass is 9.87. The molecule has 0 aromatic carbocycles. The normalized spacial score (nSPS) is 22.8. The molecule has 3 N–H and O–H groups in total. The van der Waals surface area contributed by atoms with Gasteiger partial charge in [-0.3, -0.25) is 4.79 Å². The summed E-state index contributed by atoms with van der Waals surface area (Å²) in [5.41, 5.74) is 0.291. The Kier molecular flexibility index (Phi) is 5.55. The first kappa shape index (κ1) is 22.0. The Morgan fingerprint density at radius 1 is 1.12 bits per heavy atom. The zero-order valence-electron chi connectivity index (χ0n) is 18.2. The number of aromatic nitrogens is 4. The Morgan fingerprint density at radius 2 is 1.78 bits per heavy atom. The summed E-state index contributed by atoms with van der Waals surface area (Å²) in [4.78, 5) is 30.8.